The molecule has 0 amide bonds. The fourth-order valence-electron chi connectivity index (χ4n) is 2.46. The molecule has 1 aliphatic rings. The Morgan fingerprint density at radius 2 is 2.13 bits per heavy atom. The highest BCUT2D eigenvalue weighted by molar-refractivity contribution is 4.89. The minimum Gasteiger partial charge on any atom is -0.317 e. The number of aromatic nitrogens is 3. The normalized spacial score (nSPS) is 17.8. The van der Waals surface area contributed by atoms with E-state index in [2.05, 4.69) is 28.6 Å². The van der Waals surface area contributed by atoms with Crippen molar-refractivity contribution in [1.82, 2.24) is 14.8 Å². The number of hydrogen-bond acceptors (Lipinski definition) is 2. The van der Waals surface area contributed by atoms with Gasteiger partial charge in [-0.05, 0) is 11.8 Å². The summed E-state index contributed by atoms with van der Waals surface area (Å²) in [5.74, 6) is 2.72. The zero-order chi connectivity index (χ0) is 10.7. The standard InChI is InChI=1S/C12H21N3/c1-10(2)8-15-9-13-14-12(15)7-11-5-3-4-6-11/h9-11H,3-8H2,1-2H3. The first-order valence-corrected chi connectivity index (χ1v) is 6.12. The first kappa shape index (κ1) is 10.7. The molecule has 15 heavy (non-hydrogen) atoms. The van der Waals surface area contributed by atoms with Crippen LogP contribution in [0.4, 0.5) is 0 Å². The molecule has 0 atom stereocenters. The Bertz CT molecular complexity index is 298. The molecular weight excluding hydrogens is 186 g/mol. The molecule has 0 unspecified atom stereocenters. The van der Waals surface area contributed by atoms with Gasteiger partial charge in [0.1, 0.15) is 12.2 Å². The van der Waals surface area contributed by atoms with Crippen LogP contribution in [0.5, 0.6) is 0 Å². The second-order valence-corrected chi connectivity index (χ2v) is 5.15. The highest BCUT2D eigenvalue weighted by atomic mass is 15.3. The van der Waals surface area contributed by atoms with Crippen molar-refractivity contribution in [3.8, 4) is 0 Å². The zero-order valence-corrected chi connectivity index (χ0v) is 9.82. The highest BCUT2D eigenvalue weighted by Crippen LogP contribution is 2.27. The summed E-state index contributed by atoms with van der Waals surface area (Å²) < 4.78 is 2.23. The lowest BCUT2D eigenvalue weighted by molar-refractivity contribution is 0.470. The van der Waals surface area contributed by atoms with Crippen molar-refractivity contribution in [2.45, 2.75) is 52.5 Å². The molecule has 1 aliphatic carbocycles. The molecule has 0 radical (unpaired) electrons. The molecule has 1 heterocycles. The summed E-state index contributed by atoms with van der Waals surface area (Å²) in [5.41, 5.74) is 0. The number of nitrogens with zero attached hydrogens (tertiary/aromatic N) is 3. The van der Waals surface area contributed by atoms with E-state index < -0.39 is 0 Å². The minimum atomic E-state index is 0.670. The van der Waals surface area contributed by atoms with E-state index in [1.807, 2.05) is 6.33 Å². The lowest BCUT2D eigenvalue weighted by atomic mass is 10.0. The SMILES string of the molecule is CC(C)Cn1cnnc1CC1CCCC1. The van der Waals surface area contributed by atoms with Crippen molar-refractivity contribution >= 4 is 0 Å². The molecule has 0 spiro atoms. The lowest BCUT2D eigenvalue weighted by Gasteiger charge is -2.11. The third-order valence-electron chi connectivity index (χ3n) is 3.20. The van der Waals surface area contributed by atoms with E-state index in [9.17, 15) is 0 Å². The molecule has 0 saturated heterocycles. The largest absolute Gasteiger partial charge is 0.317 e. The molecule has 1 fully saturated rings. The van der Waals surface area contributed by atoms with Crippen molar-refractivity contribution < 1.29 is 0 Å². The molecule has 0 aromatic carbocycles. The molecular formula is C12H21N3. The number of hydrogen-bond donors (Lipinski definition) is 0. The Kier molecular flexibility index (Phi) is 3.39. The lowest BCUT2D eigenvalue weighted by Crippen LogP contribution is -2.11. The summed E-state index contributed by atoms with van der Waals surface area (Å²) >= 11 is 0. The van der Waals surface area contributed by atoms with Crippen LogP contribution in [0, 0.1) is 11.8 Å². The van der Waals surface area contributed by atoms with Crippen LogP contribution in [0.1, 0.15) is 45.4 Å². The van der Waals surface area contributed by atoms with Crippen LogP contribution < -0.4 is 0 Å². The van der Waals surface area contributed by atoms with Crippen molar-refractivity contribution in [3.05, 3.63) is 12.2 Å². The van der Waals surface area contributed by atoms with Crippen LogP contribution >= 0.6 is 0 Å². The zero-order valence-electron chi connectivity index (χ0n) is 9.82. The van der Waals surface area contributed by atoms with Gasteiger partial charge in [-0.1, -0.05) is 39.5 Å². The Hall–Kier alpha value is -0.860. The Labute approximate surface area is 91.9 Å². The molecule has 3 heteroatoms. The van der Waals surface area contributed by atoms with Gasteiger partial charge in [-0.15, -0.1) is 10.2 Å². The third kappa shape index (κ3) is 2.80. The summed E-state index contributed by atoms with van der Waals surface area (Å²) in [4.78, 5) is 0. The van der Waals surface area contributed by atoms with E-state index in [-0.39, 0.29) is 0 Å². The summed E-state index contributed by atoms with van der Waals surface area (Å²) in [6, 6.07) is 0. The summed E-state index contributed by atoms with van der Waals surface area (Å²) in [6.45, 7) is 5.52. The maximum Gasteiger partial charge on any atom is 0.133 e. The fraction of sp³-hybridized carbons (Fsp3) is 0.833. The quantitative estimate of drug-likeness (QED) is 0.760. The predicted molar refractivity (Wildman–Crippen MR) is 60.5 cm³/mol. The van der Waals surface area contributed by atoms with Crippen molar-refractivity contribution in [3.63, 3.8) is 0 Å². The maximum absolute atomic E-state index is 4.25. The van der Waals surface area contributed by atoms with E-state index >= 15 is 0 Å². The third-order valence-corrected chi connectivity index (χ3v) is 3.20. The topological polar surface area (TPSA) is 30.7 Å². The van der Waals surface area contributed by atoms with Crippen LogP contribution in [0.15, 0.2) is 6.33 Å². The Morgan fingerprint density at radius 1 is 1.40 bits per heavy atom. The van der Waals surface area contributed by atoms with Crippen LogP contribution in [-0.2, 0) is 13.0 Å². The van der Waals surface area contributed by atoms with Gasteiger partial charge >= 0.3 is 0 Å². The van der Waals surface area contributed by atoms with Gasteiger partial charge in [0.05, 0.1) is 0 Å². The average molecular weight is 207 g/mol. The summed E-state index contributed by atoms with van der Waals surface area (Å²) in [6.07, 6.45) is 8.59. The molecule has 0 N–H and O–H groups in total. The van der Waals surface area contributed by atoms with E-state index in [0.717, 1.165) is 18.9 Å². The first-order valence-electron chi connectivity index (χ1n) is 6.12. The molecule has 1 saturated carbocycles. The maximum atomic E-state index is 4.25. The van der Waals surface area contributed by atoms with E-state index in [1.54, 1.807) is 0 Å². The van der Waals surface area contributed by atoms with Gasteiger partial charge in [0, 0.05) is 13.0 Å². The molecule has 1 aromatic rings. The van der Waals surface area contributed by atoms with Crippen LogP contribution in [-0.4, -0.2) is 14.8 Å². The second kappa shape index (κ2) is 4.77. The average Bonchev–Trinajstić information content (AvgIpc) is 2.78. The minimum absolute atomic E-state index is 0.670. The van der Waals surface area contributed by atoms with Gasteiger partial charge in [-0.3, -0.25) is 0 Å². The Balaban J connectivity index is 1.97. The molecule has 3 nitrogen and oxygen atoms in total. The predicted octanol–water partition coefficient (Wildman–Crippen LogP) is 2.67. The van der Waals surface area contributed by atoms with Crippen LogP contribution in [0.25, 0.3) is 0 Å². The number of rotatable bonds is 4. The van der Waals surface area contributed by atoms with Gasteiger partial charge < -0.3 is 4.57 Å². The summed E-state index contributed by atoms with van der Waals surface area (Å²) in [7, 11) is 0. The highest BCUT2D eigenvalue weighted by Gasteiger charge is 2.18. The fourth-order valence-corrected chi connectivity index (χ4v) is 2.46. The Morgan fingerprint density at radius 3 is 2.80 bits per heavy atom. The van der Waals surface area contributed by atoms with Gasteiger partial charge in [-0.25, -0.2) is 0 Å². The van der Waals surface area contributed by atoms with Crippen molar-refractivity contribution in [1.29, 1.82) is 0 Å². The van der Waals surface area contributed by atoms with Crippen LogP contribution in [0.2, 0.25) is 0 Å². The van der Waals surface area contributed by atoms with Crippen molar-refractivity contribution in [2.75, 3.05) is 0 Å². The summed E-state index contributed by atoms with van der Waals surface area (Å²) in [5, 5.41) is 8.28. The monoisotopic (exact) mass is 207 g/mol. The van der Waals surface area contributed by atoms with Gasteiger partial charge in [0.15, 0.2) is 0 Å². The molecule has 84 valence electrons. The second-order valence-electron chi connectivity index (χ2n) is 5.15. The smallest absolute Gasteiger partial charge is 0.133 e. The molecule has 1 aromatic heterocycles. The molecule has 0 bridgehead atoms. The first-order chi connectivity index (χ1) is 7.25. The van der Waals surface area contributed by atoms with E-state index in [4.69, 9.17) is 0 Å². The van der Waals surface area contributed by atoms with Gasteiger partial charge in [0.25, 0.3) is 0 Å². The van der Waals surface area contributed by atoms with Gasteiger partial charge in [-0.2, -0.15) is 0 Å². The molecule has 2 rings (SSSR count). The van der Waals surface area contributed by atoms with E-state index in [1.165, 1.54) is 31.5 Å². The molecule has 0 aliphatic heterocycles. The van der Waals surface area contributed by atoms with Crippen LogP contribution in [0.3, 0.4) is 0 Å². The van der Waals surface area contributed by atoms with Gasteiger partial charge in [0.2, 0.25) is 0 Å². The van der Waals surface area contributed by atoms with E-state index in [0.29, 0.717) is 5.92 Å². The van der Waals surface area contributed by atoms with Crippen molar-refractivity contribution in [2.24, 2.45) is 11.8 Å².